The monoisotopic (exact) mass is 373 g/mol. The molecule has 1 saturated heterocycles. The average molecular weight is 374 g/mol. The second kappa shape index (κ2) is 7.39. The molecule has 1 heterocycles. The van der Waals surface area contributed by atoms with Gasteiger partial charge in [-0.3, -0.25) is 4.84 Å². The number of esters is 1. The molecule has 4 nitrogen and oxygen atoms in total. The number of hydrogen-bond acceptors (Lipinski definition) is 4. The molecular weight excluding hydrogens is 350 g/mol. The molecule has 0 N–H and O–H groups in total. The molecular formula is C21H24ClNO3. The van der Waals surface area contributed by atoms with E-state index < -0.39 is 11.1 Å². The highest BCUT2D eigenvalue weighted by atomic mass is 35.5. The van der Waals surface area contributed by atoms with Crippen molar-refractivity contribution in [2.75, 3.05) is 13.2 Å². The summed E-state index contributed by atoms with van der Waals surface area (Å²) in [5, 5.41) is 2.41. The fourth-order valence-corrected chi connectivity index (χ4v) is 3.47. The highest BCUT2D eigenvalue weighted by Crippen LogP contribution is 2.40. The molecule has 0 spiro atoms. The Morgan fingerprint density at radius 1 is 1.08 bits per heavy atom. The molecule has 0 aromatic heterocycles. The van der Waals surface area contributed by atoms with E-state index in [0.29, 0.717) is 11.6 Å². The van der Waals surface area contributed by atoms with E-state index in [1.54, 1.807) is 17.2 Å². The second-order valence-corrected chi connectivity index (χ2v) is 7.77. The molecule has 0 radical (unpaired) electrons. The smallest absolute Gasteiger partial charge is 0.333 e. The molecule has 0 bridgehead atoms. The fourth-order valence-electron chi connectivity index (χ4n) is 3.34. The van der Waals surface area contributed by atoms with Gasteiger partial charge in [-0.1, -0.05) is 54.1 Å². The summed E-state index contributed by atoms with van der Waals surface area (Å²) in [7, 11) is 0. The predicted octanol–water partition coefficient (Wildman–Crippen LogP) is 4.37. The van der Waals surface area contributed by atoms with Crippen LogP contribution in [0, 0.1) is 0 Å². The van der Waals surface area contributed by atoms with Crippen LogP contribution in [0.15, 0.2) is 54.6 Å². The topological polar surface area (TPSA) is 38.8 Å². The van der Waals surface area contributed by atoms with Crippen LogP contribution in [-0.4, -0.2) is 29.8 Å². The molecule has 0 amide bonds. The zero-order chi connectivity index (χ0) is 18.8. The first-order valence-electron chi connectivity index (χ1n) is 8.74. The standard InChI is InChI=1S/C21H24ClNO3/c1-20(2)15-25-19(24)21(3,17-9-11-18(22)12-10-17)23(20)26-14-13-16-7-5-4-6-8-16/h4-12H,13-15H2,1-3H3. The zero-order valence-electron chi connectivity index (χ0n) is 15.4. The number of hydroxylamine groups is 2. The van der Waals surface area contributed by atoms with Crippen LogP contribution in [0.2, 0.25) is 5.02 Å². The molecule has 3 rings (SSSR count). The normalized spacial score (nSPS) is 22.8. The van der Waals surface area contributed by atoms with Crippen molar-refractivity contribution in [2.45, 2.75) is 38.3 Å². The maximum Gasteiger partial charge on any atom is 0.333 e. The molecule has 1 unspecified atom stereocenters. The minimum absolute atomic E-state index is 0.278. The van der Waals surface area contributed by atoms with Gasteiger partial charge in [-0.15, -0.1) is 0 Å². The summed E-state index contributed by atoms with van der Waals surface area (Å²) in [6.45, 7) is 6.61. The number of carbonyl (C=O) groups excluding carboxylic acids is 1. The third kappa shape index (κ3) is 3.63. The highest BCUT2D eigenvalue weighted by Gasteiger charge is 2.54. The van der Waals surface area contributed by atoms with E-state index in [0.717, 1.165) is 12.0 Å². The molecule has 2 aromatic carbocycles. The van der Waals surface area contributed by atoms with E-state index in [4.69, 9.17) is 21.2 Å². The van der Waals surface area contributed by atoms with Gasteiger partial charge < -0.3 is 4.74 Å². The molecule has 1 aliphatic rings. The van der Waals surface area contributed by atoms with Crippen molar-refractivity contribution in [1.29, 1.82) is 0 Å². The number of nitrogens with zero attached hydrogens (tertiary/aromatic N) is 1. The maximum absolute atomic E-state index is 12.8. The van der Waals surface area contributed by atoms with Crippen LogP contribution >= 0.6 is 11.6 Å². The Hall–Kier alpha value is -1.88. The van der Waals surface area contributed by atoms with E-state index in [9.17, 15) is 4.79 Å². The summed E-state index contributed by atoms with van der Waals surface area (Å²) < 4.78 is 5.49. The maximum atomic E-state index is 12.8. The zero-order valence-corrected chi connectivity index (χ0v) is 16.1. The SMILES string of the molecule is CC1(C)COC(=O)C(C)(c2ccc(Cl)cc2)N1OCCc1ccccc1. The number of rotatable bonds is 5. The van der Waals surface area contributed by atoms with Gasteiger partial charge in [0.15, 0.2) is 5.54 Å². The predicted molar refractivity (Wildman–Crippen MR) is 102 cm³/mol. The van der Waals surface area contributed by atoms with E-state index in [2.05, 4.69) is 12.1 Å². The van der Waals surface area contributed by atoms with Gasteiger partial charge in [0.2, 0.25) is 0 Å². The molecule has 26 heavy (non-hydrogen) atoms. The van der Waals surface area contributed by atoms with Crippen LogP contribution in [0.5, 0.6) is 0 Å². The Kier molecular flexibility index (Phi) is 5.37. The molecule has 2 aromatic rings. The lowest BCUT2D eigenvalue weighted by Gasteiger charge is -2.50. The van der Waals surface area contributed by atoms with Crippen LogP contribution in [0.3, 0.4) is 0 Å². The first kappa shape index (κ1) is 18.9. The largest absolute Gasteiger partial charge is 0.462 e. The number of morpholine rings is 1. The number of benzene rings is 2. The second-order valence-electron chi connectivity index (χ2n) is 7.33. The van der Waals surface area contributed by atoms with Crippen molar-refractivity contribution in [3.63, 3.8) is 0 Å². The van der Waals surface area contributed by atoms with Gasteiger partial charge in [0.1, 0.15) is 6.61 Å². The molecule has 1 aliphatic heterocycles. The summed E-state index contributed by atoms with van der Waals surface area (Å²) >= 11 is 6.02. The van der Waals surface area contributed by atoms with E-state index >= 15 is 0 Å². The van der Waals surface area contributed by atoms with Crippen LogP contribution in [0.1, 0.15) is 31.9 Å². The first-order valence-corrected chi connectivity index (χ1v) is 9.12. The lowest BCUT2D eigenvalue weighted by Crippen LogP contribution is -2.65. The number of ether oxygens (including phenoxy) is 1. The Labute approximate surface area is 159 Å². The Balaban J connectivity index is 1.86. The number of cyclic esters (lactones) is 1. The van der Waals surface area contributed by atoms with Gasteiger partial charge >= 0.3 is 5.97 Å². The Morgan fingerprint density at radius 2 is 1.73 bits per heavy atom. The minimum atomic E-state index is -1.04. The molecule has 0 saturated carbocycles. The summed E-state index contributed by atoms with van der Waals surface area (Å²) in [5.74, 6) is -0.321. The van der Waals surface area contributed by atoms with Crippen LogP contribution in [0.4, 0.5) is 0 Å². The third-order valence-electron chi connectivity index (χ3n) is 4.77. The lowest BCUT2D eigenvalue weighted by atomic mass is 9.86. The van der Waals surface area contributed by atoms with Gasteiger partial charge in [-0.05, 0) is 50.5 Å². The van der Waals surface area contributed by atoms with Crippen molar-refractivity contribution in [3.05, 3.63) is 70.7 Å². The van der Waals surface area contributed by atoms with Crippen LogP contribution in [0.25, 0.3) is 0 Å². The summed E-state index contributed by atoms with van der Waals surface area (Å²) in [6.07, 6.45) is 0.763. The van der Waals surface area contributed by atoms with Gasteiger partial charge in [-0.2, -0.15) is 5.06 Å². The number of halogens is 1. The van der Waals surface area contributed by atoms with Crippen molar-refractivity contribution in [2.24, 2.45) is 0 Å². The highest BCUT2D eigenvalue weighted by molar-refractivity contribution is 6.30. The van der Waals surface area contributed by atoms with Gasteiger partial charge in [-0.25, -0.2) is 4.79 Å². The number of hydrogen-bond donors (Lipinski definition) is 0. The average Bonchev–Trinajstić information content (AvgIpc) is 2.63. The Bertz CT molecular complexity index is 761. The van der Waals surface area contributed by atoms with Crippen molar-refractivity contribution >= 4 is 17.6 Å². The lowest BCUT2D eigenvalue weighted by molar-refractivity contribution is -0.300. The molecule has 1 fully saturated rings. The molecule has 1 atom stereocenters. The summed E-state index contributed by atoms with van der Waals surface area (Å²) in [4.78, 5) is 18.9. The van der Waals surface area contributed by atoms with Crippen molar-refractivity contribution in [1.82, 2.24) is 5.06 Å². The van der Waals surface area contributed by atoms with Gasteiger partial charge in [0.05, 0.1) is 12.1 Å². The fraction of sp³-hybridized carbons (Fsp3) is 0.381. The van der Waals surface area contributed by atoms with Gasteiger partial charge in [0.25, 0.3) is 0 Å². The van der Waals surface area contributed by atoms with E-state index in [1.807, 2.05) is 51.1 Å². The summed E-state index contributed by atoms with van der Waals surface area (Å²) in [6, 6.07) is 17.4. The van der Waals surface area contributed by atoms with Crippen LogP contribution in [-0.2, 0) is 26.3 Å². The first-order chi connectivity index (χ1) is 12.3. The third-order valence-corrected chi connectivity index (χ3v) is 5.02. The molecule has 138 valence electrons. The molecule has 0 aliphatic carbocycles. The minimum Gasteiger partial charge on any atom is -0.462 e. The van der Waals surface area contributed by atoms with E-state index in [-0.39, 0.29) is 12.6 Å². The van der Waals surface area contributed by atoms with Crippen molar-refractivity contribution < 1.29 is 14.4 Å². The Morgan fingerprint density at radius 3 is 2.38 bits per heavy atom. The van der Waals surface area contributed by atoms with Crippen molar-refractivity contribution in [3.8, 4) is 0 Å². The van der Waals surface area contributed by atoms with Gasteiger partial charge in [0, 0.05) is 5.02 Å². The molecule has 5 heteroatoms. The number of carbonyl (C=O) groups is 1. The van der Waals surface area contributed by atoms with E-state index in [1.165, 1.54) is 5.56 Å². The van der Waals surface area contributed by atoms with Crippen LogP contribution < -0.4 is 0 Å². The summed E-state index contributed by atoms with van der Waals surface area (Å²) in [5.41, 5.74) is 0.486. The quantitative estimate of drug-likeness (QED) is 0.729.